The predicted octanol–water partition coefficient (Wildman–Crippen LogP) is 4.97. The van der Waals surface area contributed by atoms with E-state index in [1.165, 1.54) is 16.5 Å². The van der Waals surface area contributed by atoms with Crippen LogP contribution in [0.15, 0.2) is 24.4 Å². The fourth-order valence-corrected chi connectivity index (χ4v) is 2.64. The Hall–Kier alpha value is -0.950. The summed E-state index contributed by atoms with van der Waals surface area (Å²) in [5.41, 5.74) is 2.58. The van der Waals surface area contributed by atoms with Gasteiger partial charge in [0.2, 0.25) is 0 Å². The molecule has 2 aromatic rings. The first-order valence-corrected chi connectivity index (χ1v) is 6.27. The highest BCUT2D eigenvalue weighted by Gasteiger charge is 2.17. The van der Waals surface area contributed by atoms with Crippen LogP contribution >= 0.6 is 11.6 Å². The van der Waals surface area contributed by atoms with E-state index in [-0.39, 0.29) is 0 Å². The SMILES string of the molecule is CCC(c1c[nH]c2ccc(Cl)cc12)C(C)C. The van der Waals surface area contributed by atoms with Crippen LogP contribution in [0.5, 0.6) is 0 Å². The summed E-state index contributed by atoms with van der Waals surface area (Å²) in [4.78, 5) is 3.33. The molecule has 1 heterocycles. The molecule has 0 bridgehead atoms. The molecule has 16 heavy (non-hydrogen) atoms. The Bertz CT molecular complexity index is 484. The van der Waals surface area contributed by atoms with Gasteiger partial charge < -0.3 is 4.98 Å². The van der Waals surface area contributed by atoms with Crippen LogP contribution < -0.4 is 0 Å². The molecule has 0 aliphatic rings. The normalized spacial score (nSPS) is 13.6. The molecule has 0 amide bonds. The van der Waals surface area contributed by atoms with Gasteiger partial charge in [-0.3, -0.25) is 0 Å². The zero-order chi connectivity index (χ0) is 11.7. The van der Waals surface area contributed by atoms with E-state index in [0.29, 0.717) is 11.8 Å². The fourth-order valence-electron chi connectivity index (χ4n) is 2.47. The van der Waals surface area contributed by atoms with Gasteiger partial charge in [0.1, 0.15) is 0 Å². The molecule has 2 heteroatoms. The van der Waals surface area contributed by atoms with E-state index in [2.05, 4.69) is 38.0 Å². The minimum Gasteiger partial charge on any atom is -0.361 e. The Balaban J connectivity index is 2.55. The topological polar surface area (TPSA) is 15.8 Å². The smallest absolute Gasteiger partial charge is 0.0457 e. The molecule has 2 rings (SSSR count). The van der Waals surface area contributed by atoms with E-state index in [1.807, 2.05) is 12.1 Å². The molecule has 1 unspecified atom stereocenters. The average molecular weight is 236 g/mol. The number of rotatable bonds is 3. The van der Waals surface area contributed by atoms with Gasteiger partial charge in [0, 0.05) is 22.1 Å². The molecule has 0 radical (unpaired) electrons. The number of aromatic amines is 1. The van der Waals surface area contributed by atoms with Crippen molar-refractivity contribution in [3.8, 4) is 0 Å². The van der Waals surface area contributed by atoms with Crippen LogP contribution in [0, 0.1) is 5.92 Å². The van der Waals surface area contributed by atoms with Crippen molar-refractivity contribution >= 4 is 22.5 Å². The lowest BCUT2D eigenvalue weighted by Crippen LogP contribution is -2.04. The third kappa shape index (κ3) is 1.97. The number of hydrogen-bond acceptors (Lipinski definition) is 0. The molecule has 1 aromatic heterocycles. The second-order valence-electron chi connectivity index (χ2n) is 4.69. The summed E-state index contributed by atoms with van der Waals surface area (Å²) in [5.74, 6) is 1.26. The monoisotopic (exact) mass is 235 g/mol. The van der Waals surface area contributed by atoms with Crippen LogP contribution in [0.3, 0.4) is 0 Å². The van der Waals surface area contributed by atoms with Crippen LogP contribution in [0.1, 0.15) is 38.7 Å². The molecule has 0 aliphatic carbocycles. The van der Waals surface area contributed by atoms with Crippen molar-refractivity contribution in [2.75, 3.05) is 0 Å². The molecule has 1 atom stereocenters. The molecule has 0 saturated heterocycles. The number of halogens is 1. The van der Waals surface area contributed by atoms with Gasteiger partial charge in [-0.25, -0.2) is 0 Å². The highest BCUT2D eigenvalue weighted by atomic mass is 35.5. The van der Waals surface area contributed by atoms with Crippen molar-refractivity contribution in [2.24, 2.45) is 5.92 Å². The van der Waals surface area contributed by atoms with Crippen molar-refractivity contribution in [2.45, 2.75) is 33.1 Å². The zero-order valence-electron chi connectivity index (χ0n) is 10.0. The van der Waals surface area contributed by atoms with Crippen LogP contribution in [0.25, 0.3) is 10.9 Å². The third-order valence-electron chi connectivity index (χ3n) is 3.32. The highest BCUT2D eigenvalue weighted by Crippen LogP contribution is 2.34. The zero-order valence-corrected chi connectivity index (χ0v) is 10.8. The summed E-state index contributed by atoms with van der Waals surface area (Å²) in [6.07, 6.45) is 3.30. The first kappa shape index (κ1) is 11.5. The summed E-state index contributed by atoms with van der Waals surface area (Å²) < 4.78 is 0. The summed E-state index contributed by atoms with van der Waals surface area (Å²) in [6.45, 7) is 6.79. The van der Waals surface area contributed by atoms with E-state index < -0.39 is 0 Å². The average Bonchev–Trinajstić information content (AvgIpc) is 2.62. The van der Waals surface area contributed by atoms with Gasteiger partial charge in [-0.15, -0.1) is 0 Å². The maximum absolute atomic E-state index is 6.06. The largest absolute Gasteiger partial charge is 0.361 e. The van der Waals surface area contributed by atoms with Crippen LogP contribution in [0.4, 0.5) is 0 Å². The van der Waals surface area contributed by atoms with E-state index in [1.54, 1.807) is 0 Å². The van der Waals surface area contributed by atoms with Gasteiger partial charge in [0.15, 0.2) is 0 Å². The number of benzene rings is 1. The van der Waals surface area contributed by atoms with E-state index in [9.17, 15) is 0 Å². The number of H-pyrrole nitrogens is 1. The van der Waals surface area contributed by atoms with Gasteiger partial charge in [-0.2, -0.15) is 0 Å². The Morgan fingerprint density at radius 1 is 1.31 bits per heavy atom. The molecular formula is C14H18ClN. The molecule has 0 aliphatic heterocycles. The molecule has 86 valence electrons. The summed E-state index contributed by atoms with van der Waals surface area (Å²) >= 11 is 6.06. The van der Waals surface area contributed by atoms with Crippen molar-refractivity contribution in [1.82, 2.24) is 4.98 Å². The second kappa shape index (κ2) is 4.50. The molecule has 1 nitrogen and oxygen atoms in total. The van der Waals surface area contributed by atoms with Gasteiger partial charge in [-0.1, -0.05) is 32.4 Å². The molecule has 0 saturated carbocycles. The first-order chi connectivity index (χ1) is 7.63. The maximum Gasteiger partial charge on any atom is 0.0457 e. The minimum atomic E-state index is 0.604. The molecule has 1 N–H and O–H groups in total. The molecule has 0 fully saturated rings. The quantitative estimate of drug-likeness (QED) is 0.773. The number of aromatic nitrogens is 1. The predicted molar refractivity (Wildman–Crippen MR) is 71.2 cm³/mol. The lowest BCUT2D eigenvalue weighted by atomic mass is 9.86. The maximum atomic E-state index is 6.06. The molecule has 0 spiro atoms. The van der Waals surface area contributed by atoms with E-state index >= 15 is 0 Å². The van der Waals surface area contributed by atoms with Crippen LogP contribution in [-0.4, -0.2) is 4.98 Å². The number of fused-ring (bicyclic) bond motifs is 1. The van der Waals surface area contributed by atoms with E-state index in [0.717, 1.165) is 11.4 Å². The Morgan fingerprint density at radius 3 is 2.69 bits per heavy atom. The summed E-state index contributed by atoms with van der Waals surface area (Å²) in [5, 5.41) is 2.08. The lowest BCUT2D eigenvalue weighted by Gasteiger charge is -2.18. The Morgan fingerprint density at radius 2 is 2.06 bits per heavy atom. The van der Waals surface area contributed by atoms with E-state index in [4.69, 9.17) is 11.6 Å². The lowest BCUT2D eigenvalue weighted by molar-refractivity contribution is 0.488. The number of nitrogens with one attached hydrogen (secondary N) is 1. The highest BCUT2D eigenvalue weighted by molar-refractivity contribution is 6.31. The summed E-state index contributed by atoms with van der Waals surface area (Å²) in [6, 6.07) is 6.04. The molecular weight excluding hydrogens is 218 g/mol. The van der Waals surface area contributed by atoms with Crippen molar-refractivity contribution in [3.05, 3.63) is 35.0 Å². The minimum absolute atomic E-state index is 0.604. The fraction of sp³-hybridized carbons (Fsp3) is 0.429. The summed E-state index contributed by atoms with van der Waals surface area (Å²) in [7, 11) is 0. The van der Waals surface area contributed by atoms with Crippen molar-refractivity contribution < 1.29 is 0 Å². The van der Waals surface area contributed by atoms with Crippen molar-refractivity contribution in [3.63, 3.8) is 0 Å². The second-order valence-corrected chi connectivity index (χ2v) is 5.13. The van der Waals surface area contributed by atoms with Crippen LogP contribution in [-0.2, 0) is 0 Å². The van der Waals surface area contributed by atoms with Gasteiger partial charge in [0.05, 0.1) is 0 Å². The molecule has 1 aromatic carbocycles. The Labute approximate surface area is 102 Å². The first-order valence-electron chi connectivity index (χ1n) is 5.90. The van der Waals surface area contributed by atoms with Gasteiger partial charge in [-0.05, 0) is 42.0 Å². The Kier molecular flexibility index (Phi) is 3.25. The van der Waals surface area contributed by atoms with Crippen molar-refractivity contribution in [1.29, 1.82) is 0 Å². The number of hydrogen-bond donors (Lipinski definition) is 1. The standard InChI is InChI=1S/C14H18ClN/c1-4-11(9(2)3)13-8-16-14-6-5-10(15)7-12(13)14/h5-9,11,16H,4H2,1-3H3. The van der Waals surface area contributed by atoms with Gasteiger partial charge in [0.25, 0.3) is 0 Å². The van der Waals surface area contributed by atoms with Gasteiger partial charge >= 0.3 is 0 Å². The van der Waals surface area contributed by atoms with Crippen LogP contribution in [0.2, 0.25) is 5.02 Å². The third-order valence-corrected chi connectivity index (χ3v) is 3.55.